The standard InChI is InChI=1S/C10H11N/c1-3-4-6-10-7-5-8-11-9(10)2/h3,5-8H,1-2H3. The molecule has 0 unspecified atom stereocenters. The van der Waals surface area contributed by atoms with Crippen LogP contribution in [0.3, 0.4) is 0 Å². The summed E-state index contributed by atoms with van der Waals surface area (Å²) in [7, 11) is 0. The third-order valence-electron chi connectivity index (χ3n) is 1.45. The van der Waals surface area contributed by atoms with E-state index in [0.717, 1.165) is 11.3 Å². The first kappa shape index (κ1) is 7.77. The lowest BCUT2D eigenvalue weighted by atomic mass is 10.2. The molecule has 0 radical (unpaired) electrons. The second kappa shape index (κ2) is 3.75. The molecule has 0 spiro atoms. The molecule has 0 aliphatic carbocycles. The van der Waals surface area contributed by atoms with E-state index in [-0.39, 0.29) is 0 Å². The normalized spacial score (nSPS) is 8.55. The van der Waals surface area contributed by atoms with Gasteiger partial charge >= 0.3 is 0 Å². The van der Waals surface area contributed by atoms with Crippen molar-refractivity contribution < 1.29 is 0 Å². The molecule has 0 aliphatic rings. The molecule has 1 nitrogen and oxygen atoms in total. The summed E-state index contributed by atoms with van der Waals surface area (Å²) in [6.45, 7) is 3.94. The molecule has 1 rings (SSSR count). The minimum Gasteiger partial charge on any atom is -0.261 e. The Bertz CT molecular complexity index is 293. The topological polar surface area (TPSA) is 12.9 Å². The van der Waals surface area contributed by atoms with Crippen molar-refractivity contribution in [3.63, 3.8) is 0 Å². The summed E-state index contributed by atoms with van der Waals surface area (Å²) < 4.78 is 0. The number of hydrogen-bond donors (Lipinski definition) is 0. The first-order valence-electron chi connectivity index (χ1n) is 3.63. The maximum absolute atomic E-state index is 4.15. The van der Waals surface area contributed by atoms with Crippen LogP contribution < -0.4 is 0 Å². The Morgan fingerprint density at radius 1 is 1.55 bits per heavy atom. The maximum Gasteiger partial charge on any atom is 0.0451 e. The van der Waals surface area contributed by atoms with Crippen LogP contribution in [0.1, 0.15) is 18.2 Å². The summed E-state index contributed by atoms with van der Waals surface area (Å²) in [5, 5.41) is 0. The smallest absolute Gasteiger partial charge is 0.0451 e. The molecular formula is C10H11N. The predicted molar refractivity (Wildman–Crippen MR) is 47.2 cm³/mol. The number of aryl methyl sites for hydroxylation is 1. The minimum atomic E-state index is 1.04. The highest BCUT2D eigenvalue weighted by molar-refractivity contribution is 5.50. The number of allylic oxidation sites excluding steroid dienone is 1. The molecule has 0 aliphatic heterocycles. The molecule has 0 atom stereocenters. The molecule has 0 N–H and O–H groups in total. The number of pyridine rings is 1. The van der Waals surface area contributed by atoms with Crippen LogP contribution in [0.4, 0.5) is 0 Å². The van der Waals surface area contributed by atoms with Gasteiger partial charge in [-0.05, 0) is 32.1 Å². The molecule has 1 aromatic rings. The van der Waals surface area contributed by atoms with Gasteiger partial charge in [0.15, 0.2) is 0 Å². The summed E-state index contributed by atoms with van der Waals surface area (Å²) in [4.78, 5) is 4.15. The fourth-order valence-electron chi connectivity index (χ4n) is 0.822. The van der Waals surface area contributed by atoms with E-state index in [0.29, 0.717) is 0 Å². The Kier molecular flexibility index (Phi) is 2.65. The van der Waals surface area contributed by atoms with Crippen molar-refractivity contribution in [2.45, 2.75) is 13.8 Å². The monoisotopic (exact) mass is 145 g/mol. The van der Waals surface area contributed by atoms with Crippen molar-refractivity contribution in [1.82, 2.24) is 4.98 Å². The van der Waals surface area contributed by atoms with Crippen LogP contribution in [0.2, 0.25) is 0 Å². The lowest BCUT2D eigenvalue weighted by molar-refractivity contribution is 1.19. The minimum absolute atomic E-state index is 1.04. The first-order chi connectivity index (χ1) is 5.34. The van der Waals surface area contributed by atoms with E-state index in [2.05, 4.69) is 10.7 Å². The zero-order valence-corrected chi connectivity index (χ0v) is 6.83. The van der Waals surface area contributed by atoms with E-state index in [9.17, 15) is 0 Å². The largest absolute Gasteiger partial charge is 0.261 e. The van der Waals surface area contributed by atoms with Gasteiger partial charge in [0.05, 0.1) is 0 Å². The summed E-state index contributed by atoms with van der Waals surface area (Å²) in [5.41, 5.74) is 5.19. The lowest BCUT2D eigenvalue weighted by Gasteiger charge is -1.94. The molecule has 56 valence electrons. The first-order valence-corrected chi connectivity index (χ1v) is 3.63. The average molecular weight is 145 g/mol. The van der Waals surface area contributed by atoms with Crippen LogP contribution in [-0.4, -0.2) is 4.98 Å². The fourth-order valence-corrected chi connectivity index (χ4v) is 0.822. The van der Waals surface area contributed by atoms with Crippen LogP contribution >= 0.6 is 0 Å². The second-order valence-corrected chi connectivity index (χ2v) is 2.28. The van der Waals surface area contributed by atoms with E-state index < -0.39 is 0 Å². The van der Waals surface area contributed by atoms with Crippen molar-refractivity contribution in [1.29, 1.82) is 0 Å². The van der Waals surface area contributed by atoms with Crippen molar-refractivity contribution in [3.8, 4) is 0 Å². The third kappa shape index (κ3) is 2.06. The highest BCUT2D eigenvalue weighted by Gasteiger charge is 1.89. The van der Waals surface area contributed by atoms with Gasteiger partial charge in [-0.3, -0.25) is 4.98 Å². The van der Waals surface area contributed by atoms with E-state index in [1.807, 2.05) is 38.1 Å². The van der Waals surface area contributed by atoms with E-state index in [1.165, 1.54) is 0 Å². The second-order valence-electron chi connectivity index (χ2n) is 2.28. The molecule has 0 aromatic carbocycles. The van der Waals surface area contributed by atoms with Crippen LogP contribution in [-0.2, 0) is 0 Å². The van der Waals surface area contributed by atoms with Crippen molar-refractivity contribution >= 4 is 6.08 Å². The third-order valence-corrected chi connectivity index (χ3v) is 1.45. The van der Waals surface area contributed by atoms with Gasteiger partial charge < -0.3 is 0 Å². The van der Waals surface area contributed by atoms with Crippen LogP contribution in [0, 0.1) is 6.92 Å². The molecule has 0 bridgehead atoms. The Hall–Kier alpha value is -1.33. The van der Waals surface area contributed by atoms with Gasteiger partial charge in [0, 0.05) is 17.5 Å². The van der Waals surface area contributed by atoms with E-state index in [1.54, 1.807) is 6.20 Å². The average Bonchev–Trinajstić information content (AvgIpc) is 2.03. The highest BCUT2D eigenvalue weighted by atomic mass is 14.7. The van der Waals surface area contributed by atoms with Crippen LogP contribution in [0.25, 0.3) is 6.08 Å². The van der Waals surface area contributed by atoms with Crippen LogP contribution in [0.5, 0.6) is 0 Å². The quantitative estimate of drug-likeness (QED) is 0.553. The maximum atomic E-state index is 4.15. The summed E-state index contributed by atoms with van der Waals surface area (Å²) in [6.07, 6.45) is 5.61. The van der Waals surface area contributed by atoms with Gasteiger partial charge in [-0.25, -0.2) is 0 Å². The molecule has 0 fully saturated rings. The SMILES string of the molecule is CC=C=Cc1cccnc1C. The van der Waals surface area contributed by atoms with Crippen molar-refractivity contribution in [3.05, 3.63) is 41.4 Å². The summed E-state index contributed by atoms with van der Waals surface area (Å²) >= 11 is 0. The van der Waals surface area contributed by atoms with E-state index in [4.69, 9.17) is 0 Å². The molecule has 1 aromatic heterocycles. The highest BCUT2D eigenvalue weighted by Crippen LogP contribution is 2.04. The molecule has 0 saturated heterocycles. The number of aromatic nitrogens is 1. The van der Waals surface area contributed by atoms with Gasteiger partial charge in [0.1, 0.15) is 0 Å². The lowest BCUT2D eigenvalue weighted by Crippen LogP contribution is -1.82. The number of hydrogen-bond acceptors (Lipinski definition) is 1. The van der Waals surface area contributed by atoms with Gasteiger partial charge in [0.2, 0.25) is 0 Å². The fraction of sp³-hybridized carbons (Fsp3) is 0.200. The Morgan fingerprint density at radius 2 is 2.36 bits per heavy atom. The van der Waals surface area contributed by atoms with Crippen molar-refractivity contribution in [2.24, 2.45) is 0 Å². The summed E-state index contributed by atoms with van der Waals surface area (Å²) in [5.74, 6) is 0. The molecule has 0 saturated carbocycles. The molecule has 1 heterocycles. The molecule has 11 heavy (non-hydrogen) atoms. The summed E-state index contributed by atoms with van der Waals surface area (Å²) in [6, 6.07) is 3.95. The Labute approximate surface area is 67.1 Å². The van der Waals surface area contributed by atoms with Gasteiger partial charge in [-0.15, -0.1) is 5.73 Å². The number of rotatable bonds is 1. The molecular weight excluding hydrogens is 134 g/mol. The van der Waals surface area contributed by atoms with Gasteiger partial charge in [-0.2, -0.15) is 0 Å². The zero-order chi connectivity index (χ0) is 8.10. The molecule has 1 heteroatoms. The predicted octanol–water partition coefficient (Wildman–Crippen LogP) is 2.58. The molecule has 0 amide bonds. The van der Waals surface area contributed by atoms with Gasteiger partial charge in [0.25, 0.3) is 0 Å². The Morgan fingerprint density at radius 3 is 3.00 bits per heavy atom. The zero-order valence-electron chi connectivity index (χ0n) is 6.83. The van der Waals surface area contributed by atoms with E-state index >= 15 is 0 Å². The van der Waals surface area contributed by atoms with Gasteiger partial charge in [-0.1, -0.05) is 6.07 Å². The van der Waals surface area contributed by atoms with Crippen molar-refractivity contribution in [2.75, 3.05) is 0 Å². The Balaban J connectivity index is 3.04. The van der Waals surface area contributed by atoms with Crippen LogP contribution in [0.15, 0.2) is 30.1 Å². The number of nitrogens with zero attached hydrogens (tertiary/aromatic N) is 1.